The minimum atomic E-state index is 0.607. The normalized spacial score (nSPS) is 11.2. The van der Waals surface area contributed by atoms with Crippen LogP contribution in [0.5, 0.6) is 0 Å². The Hall–Kier alpha value is -1.81. The monoisotopic (exact) mass is 257 g/mol. The summed E-state index contributed by atoms with van der Waals surface area (Å²) in [5.74, 6) is 0.607. The molecule has 3 aromatic rings. The van der Waals surface area contributed by atoms with Crippen molar-refractivity contribution < 1.29 is 0 Å². The predicted molar refractivity (Wildman–Crippen MR) is 76.9 cm³/mol. The smallest absolute Gasteiger partial charge is 0.201 e. The van der Waals surface area contributed by atoms with Crippen molar-refractivity contribution in [3.8, 4) is 0 Å². The molecule has 18 heavy (non-hydrogen) atoms. The number of rotatable bonds is 3. The Morgan fingerprint density at radius 1 is 1.28 bits per heavy atom. The molecule has 0 fully saturated rings. The van der Waals surface area contributed by atoms with Crippen LogP contribution in [0.15, 0.2) is 35.7 Å². The van der Waals surface area contributed by atoms with Gasteiger partial charge in [-0.05, 0) is 36.4 Å². The molecule has 0 aliphatic heterocycles. The molecule has 0 aliphatic carbocycles. The Kier molecular flexibility index (Phi) is 2.80. The number of nitrogen functional groups attached to an aromatic ring is 1. The Morgan fingerprint density at radius 3 is 2.94 bits per heavy atom. The Bertz CT molecular complexity index is 668. The summed E-state index contributed by atoms with van der Waals surface area (Å²) >= 11 is 1.78. The van der Waals surface area contributed by atoms with E-state index in [2.05, 4.69) is 52.2 Å². The van der Waals surface area contributed by atoms with E-state index in [9.17, 15) is 0 Å². The lowest BCUT2D eigenvalue weighted by Crippen LogP contribution is -2.04. The van der Waals surface area contributed by atoms with Gasteiger partial charge in [-0.15, -0.1) is 11.3 Å². The third-order valence-electron chi connectivity index (χ3n) is 3.17. The number of aromatic nitrogens is 2. The minimum absolute atomic E-state index is 0.607. The number of anilines is 1. The van der Waals surface area contributed by atoms with Gasteiger partial charge in [0.1, 0.15) is 0 Å². The molecule has 0 saturated heterocycles. The van der Waals surface area contributed by atoms with Crippen LogP contribution < -0.4 is 5.73 Å². The van der Waals surface area contributed by atoms with E-state index in [4.69, 9.17) is 5.73 Å². The summed E-state index contributed by atoms with van der Waals surface area (Å²) in [6, 6.07) is 10.4. The highest BCUT2D eigenvalue weighted by molar-refractivity contribution is 7.09. The minimum Gasteiger partial charge on any atom is -0.369 e. The lowest BCUT2D eigenvalue weighted by Gasteiger charge is -2.05. The van der Waals surface area contributed by atoms with E-state index in [0.29, 0.717) is 5.95 Å². The van der Waals surface area contributed by atoms with E-state index in [1.54, 1.807) is 11.3 Å². The van der Waals surface area contributed by atoms with Crippen molar-refractivity contribution in [1.29, 1.82) is 0 Å². The lowest BCUT2D eigenvalue weighted by atomic mass is 10.2. The second-order valence-corrected chi connectivity index (χ2v) is 5.43. The van der Waals surface area contributed by atoms with Crippen LogP contribution in [-0.4, -0.2) is 9.55 Å². The molecule has 0 amide bonds. The van der Waals surface area contributed by atoms with Crippen LogP contribution in [0.1, 0.15) is 10.4 Å². The van der Waals surface area contributed by atoms with Crippen LogP contribution in [0, 0.1) is 6.92 Å². The average molecular weight is 257 g/mol. The molecule has 0 aliphatic rings. The van der Waals surface area contributed by atoms with Crippen molar-refractivity contribution in [3.63, 3.8) is 0 Å². The maximum Gasteiger partial charge on any atom is 0.201 e. The summed E-state index contributed by atoms with van der Waals surface area (Å²) in [4.78, 5) is 5.84. The van der Waals surface area contributed by atoms with Crippen LogP contribution in [0.25, 0.3) is 11.0 Å². The molecule has 2 N–H and O–H groups in total. The molecule has 0 atom stereocenters. The molecule has 4 heteroatoms. The number of hydrogen-bond acceptors (Lipinski definition) is 3. The SMILES string of the molecule is Cc1cccc2c1nc(N)n2CCc1cccs1. The number of imidazole rings is 1. The lowest BCUT2D eigenvalue weighted by molar-refractivity contribution is 0.733. The summed E-state index contributed by atoms with van der Waals surface area (Å²) in [6.07, 6.45) is 1.00. The molecule has 0 bridgehead atoms. The summed E-state index contributed by atoms with van der Waals surface area (Å²) in [5, 5.41) is 2.11. The van der Waals surface area contributed by atoms with Gasteiger partial charge in [0.25, 0.3) is 0 Å². The van der Waals surface area contributed by atoms with E-state index in [0.717, 1.165) is 24.0 Å². The van der Waals surface area contributed by atoms with Crippen molar-refractivity contribution in [2.24, 2.45) is 0 Å². The number of thiophene rings is 1. The second kappa shape index (κ2) is 4.46. The predicted octanol–water partition coefficient (Wildman–Crippen LogP) is 3.23. The van der Waals surface area contributed by atoms with Crippen molar-refractivity contribution in [2.45, 2.75) is 19.9 Å². The van der Waals surface area contributed by atoms with Gasteiger partial charge < -0.3 is 10.3 Å². The zero-order valence-electron chi connectivity index (χ0n) is 10.3. The van der Waals surface area contributed by atoms with Crippen LogP contribution in [0.2, 0.25) is 0 Å². The maximum atomic E-state index is 6.02. The van der Waals surface area contributed by atoms with E-state index in [1.165, 1.54) is 10.4 Å². The number of nitrogens with zero attached hydrogens (tertiary/aromatic N) is 2. The summed E-state index contributed by atoms with van der Waals surface area (Å²) in [5.41, 5.74) is 9.34. The van der Waals surface area contributed by atoms with Crippen molar-refractivity contribution in [1.82, 2.24) is 9.55 Å². The molecular formula is C14H15N3S. The van der Waals surface area contributed by atoms with E-state index >= 15 is 0 Å². The zero-order chi connectivity index (χ0) is 12.5. The first kappa shape index (κ1) is 11.3. The topological polar surface area (TPSA) is 43.8 Å². The van der Waals surface area contributed by atoms with Gasteiger partial charge in [-0.2, -0.15) is 0 Å². The van der Waals surface area contributed by atoms with Crippen LogP contribution >= 0.6 is 11.3 Å². The Labute approximate surface area is 110 Å². The molecule has 2 heterocycles. The molecule has 92 valence electrons. The standard InChI is InChI=1S/C14H15N3S/c1-10-4-2-6-12-13(10)16-14(15)17(12)8-7-11-5-3-9-18-11/h2-6,9H,7-8H2,1H3,(H2,15,16). The highest BCUT2D eigenvalue weighted by Gasteiger charge is 2.09. The second-order valence-electron chi connectivity index (χ2n) is 4.39. The number of benzene rings is 1. The first-order valence-corrected chi connectivity index (χ1v) is 6.87. The van der Waals surface area contributed by atoms with Gasteiger partial charge >= 0.3 is 0 Å². The van der Waals surface area contributed by atoms with Crippen LogP contribution in [0.4, 0.5) is 5.95 Å². The fraction of sp³-hybridized carbons (Fsp3) is 0.214. The van der Waals surface area contributed by atoms with Crippen molar-refractivity contribution in [3.05, 3.63) is 46.2 Å². The maximum absolute atomic E-state index is 6.02. The molecule has 3 nitrogen and oxygen atoms in total. The molecule has 2 aromatic heterocycles. The molecule has 0 unspecified atom stereocenters. The van der Waals surface area contributed by atoms with Gasteiger partial charge in [-0.3, -0.25) is 0 Å². The first-order chi connectivity index (χ1) is 8.75. The highest BCUT2D eigenvalue weighted by atomic mass is 32.1. The van der Waals surface area contributed by atoms with Gasteiger partial charge in [-0.1, -0.05) is 18.2 Å². The van der Waals surface area contributed by atoms with Gasteiger partial charge in [-0.25, -0.2) is 4.98 Å². The number of nitrogens with two attached hydrogens (primary N) is 1. The molecular weight excluding hydrogens is 242 g/mol. The molecule has 1 aromatic carbocycles. The van der Waals surface area contributed by atoms with Crippen LogP contribution in [0.3, 0.4) is 0 Å². The zero-order valence-corrected chi connectivity index (χ0v) is 11.1. The fourth-order valence-electron chi connectivity index (χ4n) is 2.22. The number of hydrogen-bond donors (Lipinski definition) is 1. The average Bonchev–Trinajstić information content (AvgIpc) is 2.95. The third kappa shape index (κ3) is 1.88. The third-order valence-corrected chi connectivity index (χ3v) is 4.11. The molecule has 0 spiro atoms. The molecule has 0 saturated carbocycles. The quantitative estimate of drug-likeness (QED) is 0.783. The Morgan fingerprint density at radius 2 is 2.17 bits per heavy atom. The largest absolute Gasteiger partial charge is 0.369 e. The van der Waals surface area contributed by atoms with E-state index in [-0.39, 0.29) is 0 Å². The van der Waals surface area contributed by atoms with Gasteiger partial charge in [0, 0.05) is 11.4 Å². The number of para-hydroxylation sites is 1. The molecule has 3 rings (SSSR count). The molecule has 0 radical (unpaired) electrons. The fourth-order valence-corrected chi connectivity index (χ4v) is 2.92. The van der Waals surface area contributed by atoms with Gasteiger partial charge in [0.15, 0.2) is 0 Å². The highest BCUT2D eigenvalue weighted by Crippen LogP contribution is 2.21. The summed E-state index contributed by atoms with van der Waals surface area (Å²) in [7, 11) is 0. The summed E-state index contributed by atoms with van der Waals surface area (Å²) in [6.45, 7) is 2.95. The van der Waals surface area contributed by atoms with E-state index < -0.39 is 0 Å². The van der Waals surface area contributed by atoms with Crippen LogP contribution in [-0.2, 0) is 13.0 Å². The number of aryl methyl sites for hydroxylation is 3. The van der Waals surface area contributed by atoms with Gasteiger partial charge in [0.2, 0.25) is 5.95 Å². The Balaban J connectivity index is 1.96. The number of fused-ring (bicyclic) bond motifs is 1. The van der Waals surface area contributed by atoms with E-state index in [1.807, 2.05) is 0 Å². The first-order valence-electron chi connectivity index (χ1n) is 5.99. The summed E-state index contributed by atoms with van der Waals surface area (Å²) < 4.78 is 2.10. The van der Waals surface area contributed by atoms with Crippen molar-refractivity contribution >= 4 is 28.3 Å². The van der Waals surface area contributed by atoms with Crippen molar-refractivity contribution in [2.75, 3.05) is 5.73 Å². The van der Waals surface area contributed by atoms with Gasteiger partial charge in [0.05, 0.1) is 11.0 Å².